The van der Waals surface area contributed by atoms with Crippen molar-refractivity contribution in [1.29, 1.82) is 0 Å². The van der Waals surface area contributed by atoms with Gasteiger partial charge in [0.05, 0.1) is 6.42 Å². The average Bonchev–Trinajstić information content (AvgIpc) is 2.52. The van der Waals surface area contributed by atoms with Crippen molar-refractivity contribution < 1.29 is 14.3 Å². The van der Waals surface area contributed by atoms with E-state index in [0.717, 1.165) is 25.7 Å². The van der Waals surface area contributed by atoms with Crippen LogP contribution in [0.2, 0.25) is 0 Å². The molecule has 3 nitrogen and oxygen atoms in total. The Balaban J connectivity index is 2.28. The minimum atomic E-state index is -0.654. The normalized spacial score (nSPS) is 20.5. The number of unbranched alkanes of at least 4 members (excludes halogenated alkanes) is 3. The SMILES string of the molecule is C=C1CC(=O)OC1C(=O)CCCCCC. The lowest BCUT2D eigenvalue weighted by atomic mass is 10.0. The molecule has 3 heteroatoms. The second-order valence-corrected chi connectivity index (χ2v) is 3.98. The average molecular weight is 210 g/mol. The van der Waals surface area contributed by atoms with E-state index in [1.807, 2.05) is 0 Å². The highest BCUT2D eigenvalue weighted by Gasteiger charge is 2.32. The number of hydrogen-bond acceptors (Lipinski definition) is 3. The molecule has 1 fully saturated rings. The van der Waals surface area contributed by atoms with Gasteiger partial charge in [-0.25, -0.2) is 0 Å². The van der Waals surface area contributed by atoms with Gasteiger partial charge in [0.2, 0.25) is 0 Å². The Morgan fingerprint density at radius 1 is 1.47 bits per heavy atom. The third kappa shape index (κ3) is 3.50. The molecule has 0 N–H and O–H groups in total. The Hall–Kier alpha value is -1.12. The van der Waals surface area contributed by atoms with Crippen LogP contribution in [0.4, 0.5) is 0 Å². The molecule has 1 unspecified atom stereocenters. The molecule has 84 valence electrons. The quantitative estimate of drug-likeness (QED) is 0.384. The first-order chi connectivity index (χ1) is 7.15. The molecule has 0 aromatic rings. The van der Waals surface area contributed by atoms with Crippen LogP contribution in [0, 0.1) is 0 Å². The molecule has 0 bridgehead atoms. The lowest BCUT2D eigenvalue weighted by Gasteiger charge is -2.08. The molecular weight excluding hydrogens is 192 g/mol. The van der Waals surface area contributed by atoms with Gasteiger partial charge in [0.1, 0.15) is 0 Å². The van der Waals surface area contributed by atoms with Gasteiger partial charge in [0.15, 0.2) is 11.9 Å². The fourth-order valence-corrected chi connectivity index (χ4v) is 1.69. The Morgan fingerprint density at radius 3 is 2.73 bits per heavy atom. The molecule has 1 atom stereocenters. The predicted molar refractivity (Wildman–Crippen MR) is 57.4 cm³/mol. The largest absolute Gasteiger partial charge is 0.450 e. The van der Waals surface area contributed by atoms with Gasteiger partial charge >= 0.3 is 5.97 Å². The van der Waals surface area contributed by atoms with Gasteiger partial charge in [0, 0.05) is 6.42 Å². The molecule has 0 aromatic heterocycles. The van der Waals surface area contributed by atoms with Crippen LogP contribution in [-0.4, -0.2) is 17.9 Å². The van der Waals surface area contributed by atoms with Crippen LogP contribution in [0.3, 0.4) is 0 Å². The number of ether oxygens (including phenoxy) is 1. The van der Waals surface area contributed by atoms with Gasteiger partial charge in [-0.15, -0.1) is 0 Å². The maximum atomic E-state index is 11.6. The maximum Gasteiger partial charge on any atom is 0.311 e. The molecule has 1 heterocycles. The van der Waals surface area contributed by atoms with Crippen molar-refractivity contribution in [2.75, 3.05) is 0 Å². The van der Waals surface area contributed by atoms with Crippen LogP contribution in [0.25, 0.3) is 0 Å². The molecule has 0 aromatic carbocycles. The molecule has 15 heavy (non-hydrogen) atoms. The van der Waals surface area contributed by atoms with Crippen LogP contribution in [0.5, 0.6) is 0 Å². The fraction of sp³-hybridized carbons (Fsp3) is 0.667. The number of ketones is 1. The summed E-state index contributed by atoms with van der Waals surface area (Å²) in [5, 5.41) is 0. The Kier molecular flexibility index (Phi) is 4.53. The number of hydrogen-bond donors (Lipinski definition) is 0. The highest BCUT2D eigenvalue weighted by atomic mass is 16.6. The van der Waals surface area contributed by atoms with Gasteiger partial charge in [0.25, 0.3) is 0 Å². The molecule has 0 amide bonds. The molecule has 0 aliphatic carbocycles. The molecule has 1 rings (SSSR count). The summed E-state index contributed by atoms with van der Waals surface area (Å²) in [6.07, 6.45) is 4.29. The zero-order valence-electron chi connectivity index (χ0n) is 9.25. The van der Waals surface area contributed by atoms with E-state index in [1.54, 1.807) is 0 Å². The molecular formula is C12H18O3. The van der Waals surface area contributed by atoms with Crippen molar-refractivity contribution in [3.05, 3.63) is 12.2 Å². The molecule has 0 radical (unpaired) electrons. The molecule has 1 aliphatic rings. The molecule has 0 saturated carbocycles. The maximum absolute atomic E-state index is 11.6. The van der Waals surface area contributed by atoms with E-state index < -0.39 is 6.10 Å². The van der Waals surface area contributed by atoms with Crippen LogP contribution < -0.4 is 0 Å². The molecule has 1 saturated heterocycles. The Labute approximate surface area is 90.5 Å². The number of rotatable bonds is 6. The van der Waals surface area contributed by atoms with E-state index in [0.29, 0.717) is 12.0 Å². The third-order valence-electron chi connectivity index (χ3n) is 2.56. The van der Waals surface area contributed by atoms with Crippen LogP contribution in [0.15, 0.2) is 12.2 Å². The molecule has 0 spiro atoms. The summed E-state index contributed by atoms with van der Waals surface area (Å²) < 4.78 is 4.90. The number of carbonyl (C=O) groups excluding carboxylic acids is 2. The fourth-order valence-electron chi connectivity index (χ4n) is 1.69. The van der Waals surface area contributed by atoms with Crippen molar-refractivity contribution in [2.24, 2.45) is 0 Å². The first-order valence-corrected chi connectivity index (χ1v) is 5.55. The van der Waals surface area contributed by atoms with Crippen LogP contribution in [-0.2, 0) is 14.3 Å². The predicted octanol–water partition coefficient (Wildman–Crippen LogP) is 2.40. The van der Waals surface area contributed by atoms with Gasteiger partial charge in [-0.05, 0) is 12.0 Å². The van der Waals surface area contributed by atoms with Crippen LogP contribution >= 0.6 is 0 Å². The van der Waals surface area contributed by atoms with Gasteiger partial charge in [-0.2, -0.15) is 0 Å². The molecule has 1 aliphatic heterocycles. The monoisotopic (exact) mass is 210 g/mol. The number of cyclic esters (lactones) is 1. The highest BCUT2D eigenvalue weighted by molar-refractivity contribution is 5.92. The topological polar surface area (TPSA) is 43.4 Å². The second kappa shape index (κ2) is 5.69. The lowest BCUT2D eigenvalue weighted by Crippen LogP contribution is -2.21. The summed E-state index contributed by atoms with van der Waals surface area (Å²) in [6.45, 7) is 5.81. The van der Waals surface area contributed by atoms with Gasteiger partial charge < -0.3 is 4.74 Å². The summed E-state index contributed by atoms with van der Waals surface area (Å²) in [6, 6.07) is 0. The Morgan fingerprint density at radius 2 is 2.20 bits per heavy atom. The highest BCUT2D eigenvalue weighted by Crippen LogP contribution is 2.21. The smallest absolute Gasteiger partial charge is 0.311 e. The zero-order valence-corrected chi connectivity index (χ0v) is 9.25. The van der Waals surface area contributed by atoms with Gasteiger partial charge in [-0.3, -0.25) is 9.59 Å². The number of esters is 1. The van der Waals surface area contributed by atoms with Crippen molar-refractivity contribution in [3.63, 3.8) is 0 Å². The number of Topliss-reactive ketones (excluding diaryl/α,β-unsaturated/α-hetero) is 1. The van der Waals surface area contributed by atoms with Gasteiger partial charge in [-0.1, -0.05) is 32.8 Å². The summed E-state index contributed by atoms with van der Waals surface area (Å²) in [7, 11) is 0. The van der Waals surface area contributed by atoms with Crippen molar-refractivity contribution in [1.82, 2.24) is 0 Å². The van der Waals surface area contributed by atoms with E-state index in [1.165, 1.54) is 0 Å². The van der Waals surface area contributed by atoms with E-state index in [4.69, 9.17) is 4.74 Å². The Bertz CT molecular complexity index is 268. The standard InChI is InChI=1S/C12H18O3/c1-3-4-5-6-7-10(13)12-9(2)8-11(14)15-12/h12H,2-8H2,1H3. The summed E-state index contributed by atoms with van der Waals surface area (Å²) in [5.41, 5.74) is 0.612. The first-order valence-electron chi connectivity index (χ1n) is 5.55. The van der Waals surface area contributed by atoms with Crippen LogP contribution in [0.1, 0.15) is 45.4 Å². The number of carbonyl (C=O) groups is 2. The van der Waals surface area contributed by atoms with E-state index in [9.17, 15) is 9.59 Å². The van der Waals surface area contributed by atoms with E-state index in [-0.39, 0.29) is 18.2 Å². The second-order valence-electron chi connectivity index (χ2n) is 3.98. The van der Waals surface area contributed by atoms with Crippen molar-refractivity contribution in [2.45, 2.75) is 51.6 Å². The summed E-state index contributed by atoms with van der Waals surface area (Å²) in [5.74, 6) is -0.325. The lowest BCUT2D eigenvalue weighted by molar-refractivity contribution is -0.146. The van der Waals surface area contributed by atoms with Crippen molar-refractivity contribution >= 4 is 11.8 Å². The van der Waals surface area contributed by atoms with E-state index in [2.05, 4.69) is 13.5 Å². The summed E-state index contributed by atoms with van der Waals surface area (Å²) >= 11 is 0. The van der Waals surface area contributed by atoms with E-state index >= 15 is 0 Å². The first kappa shape index (κ1) is 12.0. The zero-order chi connectivity index (χ0) is 11.3. The summed E-state index contributed by atoms with van der Waals surface area (Å²) in [4.78, 5) is 22.5. The minimum Gasteiger partial charge on any atom is -0.450 e. The van der Waals surface area contributed by atoms with Crippen molar-refractivity contribution in [3.8, 4) is 0 Å². The third-order valence-corrected chi connectivity index (χ3v) is 2.56. The minimum absolute atomic E-state index is 0.00181.